The van der Waals surface area contributed by atoms with Crippen LogP contribution in [-0.2, 0) is 0 Å². The van der Waals surface area contributed by atoms with Crippen LogP contribution in [0.3, 0.4) is 0 Å². The molecule has 0 aliphatic heterocycles. The summed E-state index contributed by atoms with van der Waals surface area (Å²) >= 11 is 5.60. The molecule has 2 heterocycles. The van der Waals surface area contributed by atoms with Gasteiger partial charge < -0.3 is 0 Å². The molecule has 0 aliphatic rings. The second kappa shape index (κ2) is 2.39. The van der Waals surface area contributed by atoms with E-state index in [1.165, 1.54) is 12.4 Å². The minimum atomic E-state index is 0.366. The largest absolute Gasteiger partial charge is 0.250 e. The van der Waals surface area contributed by atoms with E-state index in [0.29, 0.717) is 16.2 Å². The topological polar surface area (TPSA) is 51.6 Å². The van der Waals surface area contributed by atoms with Crippen LogP contribution >= 0.6 is 11.6 Å². The summed E-state index contributed by atoms with van der Waals surface area (Å²) < 4.78 is 0. The summed E-state index contributed by atoms with van der Waals surface area (Å²) in [6.45, 7) is 0. The fraction of sp³-hybridized carbons (Fsp3) is 0. The van der Waals surface area contributed by atoms with Gasteiger partial charge in [-0.15, -0.1) is 0 Å². The van der Waals surface area contributed by atoms with Gasteiger partial charge in [0.2, 0.25) is 0 Å². The molecule has 0 saturated heterocycles. The molecule has 0 aromatic carbocycles. The van der Waals surface area contributed by atoms with Crippen molar-refractivity contribution in [2.24, 2.45) is 0 Å². The Morgan fingerprint density at radius 2 is 1.73 bits per heavy atom. The predicted octanol–water partition coefficient (Wildman–Crippen LogP) is 1.07. The van der Waals surface area contributed by atoms with Gasteiger partial charge in [0.25, 0.3) is 0 Å². The van der Waals surface area contributed by atoms with Crippen LogP contribution in [0, 0.1) is 0 Å². The highest BCUT2D eigenvalue weighted by Crippen LogP contribution is 2.08. The minimum Gasteiger partial charge on any atom is -0.250 e. The average Bonchev–Trinajstić information content (AvgIpc) is 2.04. The summed E-state index contributed by atoms with van der Waals surface area (Å²) in [5, 5.41) is 7.66. The second-order valence-corrected chi connectivity index (χ2v) is 2.34. The third-order valence-corrected chi connectivity index (χ3v) is 1.41. The minimum absolute atomic E-state index is 0.366. The predicted molar refractivity (Wildman–Crippen MR) is 40.1 cm³/mol. The molecule has 0 atom stereocenters. The maximum Gasteiger partial charge on any atom is 0.148 e. The van der Waals surface area contributed by atoms with Gasteiger partial charge in [-0.1, -0.05) is 11.6 Å². The van der Waals surface area contributed by atoms with E-state index in [-0.39, 0.29) is 0 Å². The number of hydrogen-bond acceptors (Lipinski definition) is 4. The number of fused-ring (bicyclic) bond motifs is 1. The smallest absolute Gasteiger partial charge is 0.148 e. The van der Waals surface area contributed by atoms with Crippen molar-refractivity contribution in [3.05, 3.63) is 23.7 Å². The molecule has 2 aromatic rings. The van der Waals surface area contributed by atoms with Gasteiger partial charge in [-0.25, -0.2) is 9.97 Å². The van der Waals surface area contributed by atoms with Gasteiger partial charge >= 0.3 is 0 Å². The number of hydrogen-bond donors (Lipinski definition) is 0. The summed E-state index contributed by atoms with van der Waals surface area (Å²) in [7, 11) is 0. The summed E-state index contributed by atoms with van der Waals surface area (Å²) in [5.74, 6) is 0. The van der Waals surface area contributed by atoms with Crippen LogP contribution in [0.5, 0.6) is 0 Å². The molecule has 0 aliphatic carbocycles. The molecular formula is C6H3ClN4. The zero-order valence-electron chi connectivity index (χ0n) is 5.40. The first kappa shape index (κ1) is 6.42. The van der Waals surface area contributed by atoms with Crippen LogP contribution in [-0.4, -0.2) is 20.2 Å². The summed E-state index contributed by atoms with van der Waals surface area (Å²) in [6.07, 6.45) is 4.54. The Hall–Kier alpha value is -1.29. The summed E-state index contributed by atoms with van der Waals surface area (Å²) in [6, 6.07) is 0. The Bertz CT molecular complexity index is 389. The van der Waals surface area contributed by atoms with Crippen molar-refractivity contribution in [1.29, 1.82) is 0 Å². The molecule has 11 heavy (non-hydrogen) atoms. The van der Waals surface area contributed by atoms with Gasteiger partial charge in [0, 0.05) is 0 Å². The van der Waals surface area contributed by atoms with E-state index in [1.807, 2.05) is 0 Å². The summed E-state index contributed by atoms with van der Waals surface area (Å²) in [4.78, 5) is 7.96. The third-order valence-electron chi connectivity index (χ3n) is 1.23. The molecule has 0 amide bonds. The summed E-state index contributed by atoms with van der Waals surface area (Å²) in [5.41, 5.74) is 1.36. The molecule has 0 bridgehead atoms. The zero-order valence-corrected chi connectivity index (χ0v) is 6.15. The van der Waals surface area contributed by atoms with Gasteiger partial charge in [-0.2, -0.15) is 10.2 Å². The van der Waals surface area contributed by atoms with Crippen LogP contribution < -0.4 is 0 Å². The SMILES string of the molecule is Clc1cnc2cnncc2n1. The monoisotopic (exact) mass is 166 g/mol. The highest BCUT2D eigenvalue weighted by Gasteiger charge is 1.95. The number of halogens is 1. The van der Waals surface area contributed by atoms with Crippen molar-refractivity contribution in [3.8, 4) is 0 Å². The van der Waals surface area contributed by atoms with E-state index in [2.05, 4.69) is 20.2 Å². The van der Waals surface area contributed by atoms with Gasteiger partial charge in [-0.3, -0.25) is 0 Å². The Labute approximate surface area is 67.3 Å². The molecule has 5 heteroatoms. The Morgan fingerprint density at radius 1 is 1.00 bits per heavy atom. The lowest BCUT2D eigenvalue weighted by Crippen LogP contribution is -1.86. The van der Waals surface area contributed by atoms with Gasteiger partial charge in [-0.05, 0) is 0 Å². The molecule has 0 unspecified atom stereocenters. The number of aromatic nitrogens is 4. The van der Waals surface area contributed by atoms with Crippen molar-refractivity contribution in [2.75, 3.05) is 0 Å². The van der Waals surface area contributed by atoms with E-state index in [9.17, 15) is 0 Å². The molecule has 0 N–H and O–H groups in total. The van der Waals surface area contributed by atoms with Crippen molar-refractivity contribution >= 4 is 22.6 Å². The second-order valence-electron chi connectivity index (χ2n) is 1.95. The van der Waals surface area contributed by atoms with Crippen LogP contribution in [0.4, 0.5) is 0 Å². The molecule has 2 rings (SSSR count). The lowest BCUT2D eigenvalue weighted by Gasteiger charge is -1.92. The molecule has 0 radical (unpaired) electrons. The van der Waals surface area contributed by atoms with Gasteiger partial charge in [0.1, 0.15) is 16.2 Å². The average molecular weight is 167 g/mol. The first-order chi connectivity index (χ1) is 5.36. The fourth-order valence-electron chi connectivity index (χ4n) is 0.761. The van der Waals surface area contributed by atoms with Crippen molar-refractivity contribution < 1.29 is 0 Å². The van der Waals surface area contributed by atoms with Gasteiger partial charge in [0.05, 0.1) is 18.6 Å². The molecule has 2 aromatic heterocycles. The molecular weight excluding hydrogens is 164 g/mol. The Balaban J connectivity index is 2.83. The van der Waals surface area contributed by atoms with Crippen LogP contribution in [0.15, 0.2) is 18.6 Å². The van der Waals surface area contributed by atoms with Crippen molar-refractivity contribution in [1.82, 2.24) is 20.2 Å². The van der Waals surface area contributed by atoms with Crippen LogP contribution in [0.25, 0.3) is 11.0 Å². The Morgan fingerprint density at radius 3 is 2.55 bits per heavy atom. The van der Waals surface area contributed by atoms with Crippen LogP contribution in [0.1, 0.15) is 0 Å². The zero-order chi connectivity index (χ0) is 7.68. The standard InChI is InChI=1S/C6H3ClN4/c7-6-3-8-4-1-9-10-2-5(4)11-6/h1-3H. The van der Waals surface area contributed by atoms with E-state index in [1.54, 1.807) is 6.20 Å². The van der Waals surface area contributed by atoms with Crippen molar-refractivity contribution in [2.45, 2.75) is 0 Å². The highest BCUT2D eigenvalue weighted by atomic mass is 35.5. The molecule has 54 valence electrons. The number of rotatable bonds is 0. The maximum atomic E-state index is 5.60. The normalized spacial score (nSPS) is 10.3. The van der Waals surface area contributed by atoms with Gasteiger partial charge in [0.15, 0.2) is 0 Å². The first-order valence-corrected chi connectivity index (χ1v) is 3.33. The Kier molecular flexibility index (Phi) is 1.40. The quantitative estimate of drug-likeness (QED) is 0.588. The van der Waals surface area contributed by atoms with E-state index in [4.69, 9.17) is 11.6 Å². The molecule has 0 saturated carbocycles. The third kappa shape index (κ3) is 1.12. The van der Waals surface area contributed by atoms with E-state index < -0.39 is 0 Å². The maximum absolute atomic E-state index is 5.60. The molecule has 0 fully saturated rings. The lowest BCUT2D eigenvalue weighted by atomic mass is 10.4. The fourth-order valence-corrected chi connectivity index (χ4v) is 0.901. The van der Waals surface area contributed by atoms with E-state index >= 15 is 0 Å². The lowest BCUT2D eigenvalue weighted by molar-refractivity contribution is 1.03. The molecule has 0 spiro atoms. The number of nitrogens with zero attached hydrogens (tertiary/aromatic N) is 4. The molecule has 4 nitrogen and oxygen atoms in total. The van der Waals surface area contributed by atoms with Crippen LogP contribution in [0.2, 0.25) is 5.15 Å². The first-order valence-electron chi connectivity index (χ1n) is 2.95. The van der Waals surface area contributed by atoms with E-state index in [0.717, 1.165) is 0 Å². The van der Waals surface area contributed by atoms with Crippen molar-refractivity contribution in [3.63, 3.8) is 0 Å². The highest BCUT2D eigenvalue weighted by molar-refractivity contribution is 6.29.